The first kappa shape index (κ1) is 10.4. The summed E-state index contributed by atoms with van der Waals surface area (Å²) in [5.74, 6) is 0. The molecule has 0 spiro atoms. The van der Waals surface area contributed by atoms with Crippen molar-refractivity contribution in [1.29, 1.82) is 0 Å². The molecule has 2 rings (SSSR count). The molecule has 1 nitrogen and oxygen atoms in total. The van der Waals surface area contributed by atoms with Gasteiger partial charge < -0.3 is 5.73 Å². The Morgan fingerprint density at radius 2 is 2.00 bits per heavy atom. The summed E-state index contributed by atoms with van der Waals surface area (Å²) >= 11 is 1.73. The van der Waals surface area contributed by atoms with Gasteiger partial charge in [-0.2, -0.15) is 0 Å². The maximum atomic E-state index is 6.24. The van der Waals surface area contributed by atoms with Crippen LogP contribution in [0.3, 0.4) is 0 Å². The number of aryl methyl sites for hydroxylation is 2. The molecule has 0 aliphatic rings. The van der Waals surface area contributed by atoms with Gasteiger partial charge in [-0.3, -0.25) is 0 Å². The molecule has 1 aromatic heterocycles. The van der Waals surface area contributed by atoms with Crippen molar-refractivity contribution in [2.24, 2.45) is 5.73 Å². The molecule has 2 N–H and O–H groups in total. The second-order valence-electron chi connectivity index (χ2n) is 3.86. The topological polar surface area (TPSA) is 26.0 Å². The molecular formula is C13H15NS. The second kappa shape index (κ2) is 4.17. The van der Waals surface area contributed by atoms with Gasteiger partial charge in [-0.1, -0.05) is 29.8 Å². The van der Waals surface area contributed by atoms with E-state index < -0.39 is 0 Å². The minimum absolute atomic E-state index is 0.0184. The first-order valence-electron chi connectivity index (χ1n) is 5.04. The molecule has 15 heavy (non-hydrogen) atoms. The first-order chi connectivity index (χ1) is 7.18. The molecule has 0 radical (unpaired) electrons. The van der Waals surface area contributed by atoms with E-state index in [0.29, 0.717) is 0 Å². The van der Waals surface area contributed by atoms with Gasteiger partial charge in [0.05, 0.1) is 6.04 Å². The second-order valence-corrected chi connectivity index (χ2v) is 4.81. The average Bonchev–Trinajstić information content (AvgIpc) is 2.63. The van der Waals surface area contributed by atoms with E-state index in [-0.39, 0.29) is 6.04 Å². The molecule has 1 aromatic carbocycles. The predicted molar refractivity (Wildman–Crippen MR) is 66.3 cm³/mol. The van der Waals surface area contributed by atoms with Gasteiger partial charge in [-0.05, 0) is 36.4 Å². The van der Waals surface area contributed by atoms with Crippen LogP contribution in [0.4, 0.5) is 0 Å². The van der Waals surface area contributed by atoms with E-state index in [4.69, 9.17) is 5.73 Å². The van der Waals surface area contributed by atoms with Gasteiger partial charge in [-0.15, -0.1) is 11.3 Å². The lowest BCUT2D eigenvalue weighted by Gasteiger charge is -2.12. The van der Waals surface area contributed by atoms with Crippen molar-refractivity contribution in [3.63, 3.8) is 0 Å². The zero-order chi connectivity index (χ0) is 10.8. The van der Waals surface area contributed by atoms with Gasteiger partial charge in [0.15, 0.2) is 0 Å². The molecule has 2 aromatic rings. The largest absolute Gasteiger partial charge is 0.320 e. The molecule has 0 aliphatic heterocycles. The predicted octanol–water partition coefficient (Wildman–Crippen LogP) is 3.41. The summed E-state index contributed by atoms with van der Waals surface area (Å²) in [7, 11) is 0. The number of hydrogen-bond acceptors (Lipinski definition) is 2. The van der Waals surface area contributed by atoms with Crippen LogP contribution in [0, 0.1) is 13.8 Å². The number of nitrogens with two attached hydrogens (primary N) is 1. The Bertz CT molecular complexity index is 459. The zero-order valence-corrected chi connectivity index (χ0v) is 9.84. The highest BCUT2D eigenvalue weighted by molar-refractivity contribution is 7.10. The summed E-state index contributed by atoms with van der Waals surface area (Å²) in [6.07, 6.45) is 0. The Labute approximate surface area is 94.6 Å². The number of thiophene rings is 1. The van der Waals surface area contributed by atoms with E-state index in [1.807, 2.05) is 0 Å². The number of rotatable bonds is 2. The van der Waals surface area contributed by atoms with Gasteiger partial charge >= 0.3 is 0 Å². The maximum Gasteiger partial charge on any atom is 0.0648 e. The molecule has 1 unspecified atom stereocenters. The normalized spacial score (nSPS) is 12.7. The fraction of sp³-hybridized carbons (Fsp3) is 0.231. The summed E-state index contributed by atoms with van der Waals surface area (Å²) in [4.78, 5) is 1.26. The Morgan fingerprint density at radius 1 is 1.20 bits per heavy atom. The van der Waals surface area contributed by atoms with Crippen LogP contribution < -0.4 is 5.73 Å². The minimum Gasteiger partial charge on any atom is -0.320 e. The molecule has 1 atom stereocenters. The average molecular weight is 217 g/mol. The third-order valence-electron chi connectivity index (χ3n) is 2.59. The van der Waals surface area contributed by atoms with E-state index >= 15 is 0 Å². The molecular weight excluding hydrogens is 202 g/mol. The molecule has 0 bridgehead atoms. The third kappa shape index (κ3) is 2.11. The molecule has 0 aliphatic carbocycles. The summed E-state index contributed by atoms with van der Waals surface area (Å²) in [5.41, 5.74) is 9.98. The number of benzene rings is 1. The zero-order valence-electron chi connectivity index (χ0n) is 9.03. The maximum absolute atomic E-state index is 6.24. The van der Waals surface area contributed by atoms with E-state index in [0.717, 1.165) is 0 Å². The van der Waals surface area contributed by atoms with Crippen molar-refractivity contribution in [2.45, 2.75) is 19.9 Å². The fourth-order valence-electron chi connectivity index (χ4n) is 1.72. The summed E-state index contributed by atoms with van der Waals surface area (Å²) in [6, 6.07) is 10.5. The summed E-state index contributed by atoms with van der Waals surface area (Å²) < 4.78 is 0. The molecule has 2 heteroatoms. The highest BCUT2D eigenvalue weighted by Gasteiger charge is 2.12. The SMILES string of the molecule is Cc1cccc(C(N)c2sccc2C)c1. The van der Waals surface area contributed by atoms with Gasteiger partial charge in [0.2, 0.25) is 0 Å². The van der Waals surface area contributed by atoms with Crippen LogP contribution in [-0.2, 0) is 0 Å². The van der Waals surface area contributed by atoms with E-state index in [2.05, 4.69) is 49.6 Å². The van der Waals surface area contributed by atoms with Crippen molar-refractivity contribution in [2.75, 3.05) is 0 Å². The van der Waals surface area contributed by atoms with Crippen LogP contribution in [0.5, 0.6) is 0 Å². The quantitative estimate of drug-likeness (QED) is 0.819. The van der Waals surface area contributed by atoms with Crippen molar-refractivity contribution >= 4 is 11.3 Å². The minimum atomic E-state index is 0.0184. The lowest BCUT2D eigenvalue weighted by molar-refractivity contribution is 0.883. The smallest absolute Gasteiger partial charge is 0.0648 e. The molecule has 78 valence electrons. The molecule has 0 saturated heterocycles. The summed E-state index contributed by atoms with van der Waals surface area (Å²) in [6.45, 7) is 4.21. The van der Waals surface area contributed by atoms with E-state index in [9.17, 15) is 0 Å². The van der Waals surface area contributed by atoms with Crippen molar-refractivity contribution in [1.82, 2.24) is 0 Å². The lowest BCUT2D eigenvalue weighted by Crippen LogP contribution is -2.11. The standard InChI is InChI=1S/C13H15NS/c1-9-4-3-5-11(8-9)12(14)13-10(2)6-7-15-13/h3-8,12H,14H2,1-2H3. The van der Waals surface area contributed by atoms with E-state index in [1.165, 1.54) is 21.6 Å². The van der Waals surface area contributed by atoms with Gasteiger partial charge in [0, 0.05) is 4.88 Å². The van der Waals surface area contributed by atoms with Gasteiger partial charge in [0.1, 0.15) is 0 Å². The fourth-order valence-corrected chi connectivity index (χ4v) is 2.67. The molecule has 1 heterocycles. The van der Waals surface area contributed by atoms with E-state index in [1.54, 1.807) is 11.3 Å². The number of hydrogen-bond donors (Lipinski definition) is 1. The Hall–Kier alpha value is -1.12. The van der Waals surface area contributed by atoms with Gasteiger partial charge in [0.25, 0.3) is 0 Å². The lowest BCUT2D eigenvalue weighted by atomic mass is 10.0. The van der Waals surface area contributed by atoms with Gasteiger partial charge in [-0.25, -0.2) is 0 Å². The Morgan fingerprint density at radius 3 is 2.60 bits per heavy atom. The third-order valence-corrected chi connectivity index (χ3v) is 3.69. The van der Waals surface area contributed by atoms with Crippen LogP contribution in [0.15, 0.2) is 35.7 Å². The van der Waals surface area contributed by atoms with Crippen LogP contribution in [-0.4, -0.2) is 0 Å². The molecule has 0 amide bonds. The van der Waals surface area contributed by atoms with Crippen molar-refractivity contribution in [3.05, 3.63) is 57.3 Å². The van der Waals surface area contributed by atoms with Crippen molar-refractivity contribution < 1.29 is 0 Å². The highest BCUT2D eigenvalue weighted by atomic mass is 32.1. The summed E-state index contributed by atoms with van der Waals surface area (Å²) in [5, 5.41) is 2.10. The molecule has 0 fully saturated rings. The van der Waals surface area contributed by atoms with Crippen LogP contribution in [0.25, 0.3) is 0 Å². The monoisotopic (exact) mass is 217 g/mol. The van der Waals surface area contributed by atoms with Crippen LogP contribution >= 0.6 is 11.3 Å². The highest BCUT2D eigenvalue weighted by Crippen LogP contribution is 2.27. The Balaban J connectivity index is 2.36. The van der Waals surface area contributed by atoms with Crippen molar-refractivity contribution in [3.8, 4) is 0 Å². The molecule has 0 saturated carbocycles. The van der Waals surface area contributed by atoms with Crippen LogP contribution in [0.2, 0.25) is 0 Å². The Kier molecular flexibility index (Phi) is 2.89. The first-order valence-corrected chi connectivity index (χ1v) is 5.92. The van der Waals surface area contributed by atoms with Crippen LogP contribution in [0.1, 0.15) is 27.6 Å².